The van der Waals surface area contributed by atoms with Gasteiger partial charge < -0.3 is 4.90 Å². The molecule has 3 nitrogen and oxygen atoms in total. The summed E-state index contributed by atoms with van der Waals surface area (Å²) >= 11 is 1.63. The van der Waals surface area contributed by atoms with Gasteiger partial charge in [-0.2, -0.15) is 0 Å². The maximum atomic E-state index is 13.0. The van der Waals surface area contributed by atoms with E-state index in [2.05, 4.69) is 5.32 Å². The second-order valence-corrected chi connectivity index (χ2v) is 5.32. The SMILES string of the molecule is O=C1CSCC2(c3ccc(F)cc3)NCCN12. The molecular formula is C12H13FN2OS. The second-order valence-electron chi connectivity index (χ2n) is 4.33. The van der Waals surface area contributed by atoms with Crippen molar-refractivity contribution in [3.05, 3.63) is 35.6 Å². The number of fused-ring (bicyclic) bond motifs is 1. The van der Waals surface area contributed by atoms with Crippen molar-refractivity contribution in [1.82, 2.24) is 10.2 Å². The van der Waals surface area contributed by atoms with Crippen LogP contribution >= 0.6 is 11.8 Å². The van der Waals surface area contributed by atoms with E-state index in [1.165, 1.54) is 12.1 Å². The predicted octanol–water partition coefficient (Wildman–Crippen LogP) is 1.16. The molecule has 1 amide bonds. The number of benzene rings is 1. The van der Waals surface area contributed by atoms with Gasteiger partial charge in [-0.15, -0.1) is 11.8 Å². The van der Waals surface area contributed by atoms with E-state index in [1.54, 1.807) is 23.9 Å². The molecule has 0 bridgehead atoms. The van der Waals surface area contributed by atoms with E-state index in [-0.39, 0.29) is 11.7 Å². The van der Waals surface area contributed by atoms with Crippen molar-refractivity contribution in [3.63, 3.8) is 0 Å². The lowest BCUT2D eigenvalue weighted by Crippen LogP contribution is -2.56. The third kappa shape index (κ3) is 1.65. The average Bonchev–Trinajstić information content (AvgIpc) is 2.76. The van der Waals surface area contributed by atoms with E-state index in [4.69, 9.17) is 0 Å². The first kappa shape index (κ1) is 11.0. The largest absolute Gasteiger partial charge is 0.317 e. The van der Waals surface area contributed by atoms with Crippen molar-refractivity contribution in [2.24, 2.45) is 0 Å². The minimum Gasteiger partial charge on any atom is -0.317 e. The van der Waals surface area contributed by atoms with Crippen LogP contribution in [0.15, 0.2) is 24.3 Å². The molecule has 2 fully saturated rings. The Morgan fingerprint density at radius 2 is 2.12 bits per heavy atom. The third-order valence-electron chi connectivity index (χ3n) is 3.37. The number of hydrogen-bond donors (Lipinski definition) is 1. The number of hydrogen-bond acceptors (Lipinski definition) is 3. The molecule has 17 heavy (non-hydrogen) atoms. The highest BCUT2D eigenvalue weighted by Gasteiger charge is 2.47. The summed E-state index contributed by atoms with van der Waals surface area (Å²) in [5.74, 6) is 1.29. The summed E-state index contributed by atoms with van der Waals surface area (Å²) < 4.78 is 13.0. The lowest BCUT2D eigenvalue weighted by atomic mass is 10.00. The Hall–Kier alpha value is -1.07. The van der Waals surface area contributed by atoms with Crippen molar-refractivity contribution >= 4 is 17.7 Å². The molecule has 0 saturated carbocycles. The standard InChI is InChI=1S/C12H13FN2OS/c13-10-3-1-9(2-4-10)12-8-17-7-11(16)15(12)6-5-14-12/h1-4,14H,5-8H2. The first-order valence-corrected chi connectivity index (χ1v) is 6.77. The first-order chi connectivity index (χ1) is 8.22. The van der Waals surface area contributed by atoms with Crippen LogP contribution in [0, 0.1) is 5.82 Å². The molecule has 2 aliphatic rings. The monoisotopic (exact) mass is 252 g/mol. The average molecular weight is 252 g/mol. The molecule has 90 valence electrons. The molecule has 1 unspecified atom stereocenters. The van der Waals surface area contributed by atoms with E-state index >= 15 is 0 Å². The van der Waals surface area contributed by atoms with Crippen molar-refractivity contribution in [2.45, 2.75) is 5.66 Å². The van der Waals surface area contributed by atoms with Gasteiger partial charge in [0.15, 0.2) is 0 Å². The highest BCUT2D eigenvalue weighted by molar-refractivity contribution is 8.00. The zero-order valence-electron chi connectivity index (χ0n) is 9.28. The zero-order chi connectivity index (χ0) is 11.9. The van der Waals surface area contributed by atoms with Crippen LogP contribution in [0.2, 0.25) is 0 Å². The normalized spacial score (nSPS) is 28.3. The number of carbonyl (C=O) groups excluding carboxylic acids is 1. The highest BCUT2D eigenvalue weighted by atomic mass is 32.2. The van der Waals surface area contributed by atoms with Crippen LogP contribution in [-0.2, 0) is 10.5 Å². The number of halogens is 1. The highest BCUT2D eigenvalue weighted by Crippen LogP contribution is 2.36. The predicted molar refractivity (Wildman–Crippen MR) is 65.1 cm³/mol. The van der Waals surface area contributed by atoms with Crippen molar-refractivity contribution in [2.75, 3.05) is 24.6 Å². The molecule has 1 aromatic carbocycles. The molecule has 5 heteroatoms. The molecule has 0 aromatic heterocycles. The molecule has 0 aliphatic carbocycles. The van der Waals surface area contributed by atoms with Gasteiger partial charge in [0, 0.05) is 18.8 Å². The van der Waals surface area contributed by atoms with E-state index in [9.17, 15) is 9.18 Å². The fourth-order valence-corrected chi connectivity index (χ4v) is 3.71. The molecule has 1 atom stereocenters. The number of thioether (sulfide) groups is 1. The van der Waals surface area contributed by atoms with E-state index in [1.807, 2.05) is 4.90 Å². The fraction of sp³-hybridized carbons (Fsp3) is 0.417. The maximum Gasteiger partial charge on any atom is 0.234 e. The van der Waals surface area contributed by atoms with E-state index in [0.717, 1.165) is 24.4 Å². The summed E-state index contributed by atoms with van der Waals surface area (Å²) in [5.41, 5.74) is 0.546. The van der Waals surface area contributed by atoms with Crippen LogP contribution < -0.4 is 5.32 Å². The van der Waals surface area contributed by atoms with Crippen LogP contribution in [0.3, 0.4) is 0 Å². The molecule has 0 spiro atoms. The van der Waals surface area contributed by atoms with Crippen molar-refractivity contribution < 1.29 is 9.18 Å². The molecule has 1 N–H and O–H groups in total. The summed E-state index contributed by atoms with van der Waals surface area (Å²) in [6, 6.07) is 6.43. The number of nitrogens with zero attached hydrogens (tertiary/aromatic N) is 1. The molecule has 2 saturated heterocycles. The van der Waals surface area contributed by atoms with Gasteiger partial charge in [0.25, 0.3) is 0 Å². The topological polar surface area (TPSA) is 32.3 Å². The summed E-state index contributed by atoms with van der Waals surface area (Å²) in [6.45, 7) is 1.53. The Bertz CT molecular complexity index is 450. The van der Waals surface area contributed by atoms with Gasteiger partial charge in [0.2, 0.25) is 5.91 Å². The Morgan fingerprint density at radius 1 is 1.35 bits per heavy atom. The van der Waals surface area contributed by atoms with Gasteiger partial charge in [-0.25, -0.2) is 4.39 Å². The zero-order valence-corrected chi connectivity index (χ0v) is 10.1. The summed E-state index contributed by atoms with van der Waals surface area (Å²) in [4.78, 5) is 13.8. The smallest absolute Gasteiger partial charge is 0.234 e. The third-order valence-corrected chi connectivity index (χ3v) is 4.45. The van der Waals surface area contributed by atoms with Gasteiger partial charge in [-0.1, -0.05) is 12.1 Å². The molecule has 1 aromatic rings. The Balaban J connectivity index is 2.03. The summed E-state index contributed by atoms with van der Waals surface area (Å²) in [6.07, 6.45) is 0. The van der Waals surface area contributed by atoms with Crippen LogP contribution in [0.5, 0.6) is 0 Å². The number of amides is 1. The Morgan fingerprint density at radius 3 is 2.88 bits per heavy atom. The lowest BCUT2D eigenvalue weighted by Gasteiger charge is -2.41. The fourth-order valence-electron chi connectivity index (χ4n) is 2.56. The minimum atomic E-state index is -0.423. The Labute approximate surface area is 103 Å². The first-order valence-electron chi connectivity index (χ1n) is 5.62. The molecule has 0 radical (unpaired) electrons. The lowest BCUT2D eigenvalue weighted by molar-refractivity contribution is -0.133. The summed E-state index contributed by atoms with van der Waals surface area (Å²) in [5, 5.41) is 3.40. The second kappa shape index (κ2) is 3.99. The molecular weight excluding hydrogens is 239 g/mol. The van der Waals surface area contributed by atoms with Crippen LogP contribution in [-0.4, -0.2) is 35.4 Å². The van der Waals surface area contributed by atoms with E-state index < -0.39 is 5.66 Å². The molecule has 2 aliphatic heterocycles. The minimum absolute atomic E-state index is 0.163. The van der Waals surface area contributed by atoms with Crippen LogP contribution in [0.4, 0.5) is 4.39 Å². The van der Waals surface area contributed by atoms with Gasteiger partial charge in [-0.3, -0.25) is 10.1 Å². The van der Waals surface area contributed by atoms with Crippen molar-refractivity contribution in [3.8, 4) is 0 Å². The van der Waals surface area contributed by atoms with Gasteiger partial charge in [0.1, 0.15) is 11.5 Å². The summed E-state index contributed by atoms with van der Waals surface area (Å²) in [7, 11) is 0. The molecule has 3 rings (SSSR count). The van der Waals surface area contributed by atoms with Gasteiger partial charge in [0.05, 0.1) is 5.75 Å². The number of nitrogens with one attached hydrogen (secondary N) is 1. The quantitative estimate of drug-likeness (QED) is 0.814. The van der Waals surface area contributed by atoms with Gasteiger partial charge >= 0.3 is 0 Å². The van der Waals surface area contributed by atoms with Gasteiger partial charge in [-0.05, 0) is 17.7 Å². The van der Waals surface area contributed by atoms with Crippen molar-refractivity contribution in [1.29, 1.82) is 0 Å². The molecule has 2 heterocycles. The van der Waals surface area contributed by atoms with Crippen LogP contribution in [0.1, 0.15) is 5.56 Å². The number of carbonyl (C=O) groups is 1. The number of rotatable bonds is 1. The van der Waals surface area contributed by atoms with Crippen LogP contribution in [0.25, 0.3) is 0 Å². The maximum absolute atomic E-state index is 13.0. The Kier molecular flexibility index (Phi) is 2.60. The van der Waals surface area contributed by atoms with E-state index in [0.29, 0.717) is 5.75 Å².